The van der Waals surface area contributed by atoms with Crippen molar-refractivity contribution in [1.82, 2.24) is 4.72 Å². The number of amides is 2. The molecular weight excluding hydrogens is 678 g/mol. The molecule has 1 aliphatic carbocycles. The van der Waals surface area contributed by atoms with Crippen LogP contribution in [0.1, 0.15) is 73.4 Å². The second kappa shape index (κ2) is 17.0. The highest BCUT2D eigenvalue weighted by Crippen LogP contribution is 2.42. The Kier molecular flexibility index (Phi) is 12.5. The number of nitrogens with one attached hydrogen (secondary N) is 1. The van der Waals surface area contributed by atoms with Gasteiger partial charge in [-0.3, -0.25) is 14.3 Å². The van der Waals surface area contributed by atoms with E-state index in [1.54, 1.807) is 19.2 Å². The molecule has 2 bridgehead atoms. The van der Waals surface area contributed by atoms with Crippen LogP contribution in [-0.4, -0.2) is 74.1 Å². The molecule has 272 valence electrons. The Morgan fingerprint density at radius 3 is 2.70 bits per heavy atom. The largest absolute Gasteiger partial charge is 0.491 e. The molecule has 0 aromatic heterocycles. The minimum atomic E-state index is -3.50. The first-order valence-electron chi connectivity index (χ1n) is 18.0. The number of anilines is 1. The Balaban J connectivity index is 1.38. The number of methoxy groups -OCH3 is 1. The molecule has 1 saturated carbocycles. The van der Waals surface area contributed by atoms with Gasteiger partial charge in [-0.1, -0.05) is 36.7 Å². The number of aryl methyl sites for hydroxylation is 1. The summed E-state index contributed by atoms with van der Waals surface area (Å²) in [5.74, 6) is 0.0311. The van der Waals surface area contributed by atoms with Gasteiger partial charge in [0, 0.05) is 44.0 Å². The summed E-state index contributed by atoms with van der Waals surface area (Å²) in [5.41, 5.74) is 3.46. The second-order valence-electron chi connectivity index (χ2n) is 14.1. The van der Waals surface area contributed by atoms with Crippen LogP contribution in [0, 0.1) is 17.8 Å². The van der Waals surface area contributed by atoms with E-state index in [2.05, 4.69) is 38.3 Å². The fraction of sp³-hybridized carbons (Fsp3) is 0.579. The normalized spacial score (nSPS) is 28.8. The third-order valence-electron chi connectivity index (χ3n) is 10.3. The average Bonchev–Trinajstić information content (AvgIpc) is 3.11. The number of allylic oxidation sites excluding steroid dienone is 1. The zero-order valence-corrected chi connectivity index (χ0v) is 30.7. The summed E-state index contributed by atoms with van der Waals surface area (Å²) in [6.07, 6.45) is 10.8. The summed E-state index contributed by atoms with van der Waals surface area (Å²) in [6, 6.07) is 11.4. The standard InChI is InChI=1S/C38H50ClN3O7S/c1-26-6-5-8-35(46-2)33-13-10-30(33)23-42-22-29-9-12-31(39)20-27(29)7-3-4-17-48-36-14-11-28(21-34(36)42)38(44)41-50(45,25-26)40-37(43)24-49-32-15-18-47-19-16-32/h5,8-9,11-12,14,20-21,26,30,32-33,35H,3-4,6-7,10,13,15-19,22-25H2,1-2H3,(H,40,41,43,44,45)/b8-5+/t26-,30-,33+,35-,50+/m0/s1. The molecule has 3 heterocycles. The van der Waals surface area contributed by atoms with E-state index in [4.69, 9.17) is 30.5 Å². The predicted molar refractivity (Wildman–Crippen MR) is 195 cm³/mol. The summed E-state index contributed by atoms with van der Waals surface area (Å²) >= 11 is 6.46. The van der Waals surface area contributed by atoms with Crippen LogP contribution in [0.15, 0.2) is 52.9 Å². The number of halogens is 1. The van der Waals surface area contributed by atoms with Gasteiger partial charge in [-0.25, -0.2) is 4.21 Å². The third-order valence-corrected chi connectivity index (χ3v) is 12.6. The molecule has 2 amide bonds. The van der Waals surface area contributed by atoms with E-state index < -0.39 is 21.7 Å². The van der Waals surface area contributed by atoms with E-state index in [-0.39, 0.29) is 36.0 Å². The molecule has 2 aromatic rings. The lowest BCUT2D eigenvalue weighted by Crippen LogP contribution is -2.43. The highest BCUT2D eigenvalue weighted by Gasteiger charge is 2.38. The van der Waals surface area contributed by atoms with Crippen molar-refractivity contribution in [3.05, 3.63) is 70.3 Å². The molecule has 2 aromatic carbocycles. The van der Waals surface area contributed by atoms with E-state index in [1.165, 1.54) is 11.1 Å². The highest BCUT2D eigenvalue weighted by atomic mass is 35.5. The first kappa shape index (κ1) is 36.8. The molecule has 50 heavy (non-hydrogen) atoms. The number of carbonyl (C=O) groups excluding carboxylic acids is 2. The van der Waals surface area contributed by atoms with Crippen molar-refractivity contribution in [3.63, 3.8) is 0 Å². The Morgan fingerprint density at radius 1 is 1.08 bits per heavy atom. The molecule has 0 unspecified atom stereocenters. The van der Waals surface area contributed by atoms with Crippen molar-refractivity contribution < 1.29 is 32.7 Å². The Bertz CT molecular complexity index is 1670. The van der Waals surface area contributed by atoms with Crippen LogP contribution in [0.4, 0.5) is 5.69 Å². The summed E-state index contributed by atoms with van der Waals surface area (Å²) in [7, 11) is -1.75. The van der Waals surface area contributed by atoms with Crippen LogP contribution >= 0.6 is 11.6 Å². The lowest BCUT2D eigenvalue weighted by molar-refractivity contribution is -0.128. The topological polar surface area (TPSA) is 116 Å². The van der Waals surface area contributed by atoms with Gasteiger partial charge in [0.1, 0.15) is 22.3 Å². The summed E-state index contributed by atoms with van der Waals surface area (Å²) in [5, 5.41) is 0.715. The molecule has 3 aliphatic heterocycles. The Hall–Kier alpha value is -2.96. The van der Waals surface area contributed by atoms with E-state index >= 15 is 0 Å². The summed E-state index contributed by atoms with van der Waals surface area (Å²) in [6.45, 7) is 4.71. The van der Waals surface area contributed by atoms with E-state index in [9.17, 15) is 13.8 Å². The molecule has 0 spiro atoms. The van der Waals surface area contributed by atoms with Gasteiger partial charge in [-0.05, 0) is 111 Å². The number of benzene rings is 2. The van der Waals surface area contributed by atoms with Crippen molar-refractivity contribution >= 4 is 39.0 Å². The van der Waals surface area contributed by atoms with Gasteiger partial charge in [-0.15, -0.1) is 4.36 Å². The minimum Gasteiger partial charge on any atom is -0.491 e. The number of hydrogen-bond donors (Lipinski definition) is 1. The maximum atomic E-state index is 14.4. The number of nitrogens with zero attached hydrogens (tertiary/aromatic N) is 2. The van der Waals surface area contributed by atoms with Gasteiger partial charge in [-0.2, -0.15) is 0 Å². The van der Waals surface area contributed by atoms with Crippen molar-refractivity contribution in [1.29, 1.82) is 0 Å². The molecule has 1 N–H and O–H groups in total. The van der Waals surface area contributed by atoms with E-state index in [0.717, 1.165) is 44.3 Å². The zero-order chi connectivity index (χ0) is 35.1. The maximum absolute atomic E-state index is 14.4. The van der Waals surface area contributed by atoms with Crippen molar-refractivity contribution in [2.45, 2.75) is 77.0 Å². The van der Waals surface area contributed by atoms with Gasteiger partial charge in [0.25, 0.3) is 11.8 Å². The van der Waals surface area contributed by atoms with Gasteiger partial charge in [0.05, 0.1) is 30.3 Å². The summed E-state index contributed by atoms with van der Waals surface area (Å²) in [4.78, 5) is 29.3. The van der Waals surface area contributed by atoms with Crippen molar-refractivity contribution in [3.8, 4) is 5.75 Å². The average molecular weight is 728 g/mol. The van der Waals surface area contributed by atoms with Crippen LogP contribution < -0.4 is 14.4 Å². The van der Waals surface area contributed by atoms with Gasteiger partial charge in [0.2, 0.25) is 0 Å². The van der Waals surface area contributed by atoms with Crippen LogP contribution in [0.2, 0.25) is 5.02 Å². The molecule has 10 nitrogen and oxygen atoms in total. The van der Waals surface area contributed by atoms with Crippen LogP contribution in [0.25, 0.3) is 0 Å². The molecule has 1 saturated heterocycles. The maximum Gasteiger partial charge on any atom is 0.286 e. The number of rotatable bonds is 5. The monoisotopic (exact) mass is 727 g/mol. The second-order valence-corrected chi connectivity index (χ2v) is 16.5. The van der Waals surface area contributed by atoms with Gasteiger partial charge >= 0.3 is 0 Å². The first-order chi connectivity index (χ1) is 24.2. The smallest absolute Gasteiger partial charge is 0.286 e. The minimum absolute atomic E-state index is 0.00924. The predicted octanol–water partition coefficient (Wildman–Crippen LogP) is 6.53. The lowest BCUT2D eigenvalue weighted by atomic mass is 9.70. The molecular formula is C38H50ClN3O7S. The van der Waals surface area contributed by atoms with E-state index in [0.29, 0.717) is 68.2 Å². The molecule has 6 rings (SSSR count). The third kappa shape index (κ3) is 9.47. The quantitative estimate of drug-likeness (QED) is 0.346. The Labute approximate surface area is 301 Å². The fourth-order valence-corrected chi connectivity index (χ4v) is 9.51. The number of hydrogen-bond acceptors (Lipinski definition) is 8. The Morgan fingerprint density at radius 2 is 1.92 bits per heavy atom. The van der Waals surface area contributed by atoms with Crippen LogP contribution in [0.5, 0.6) is 5.75 Å². The molecule has 0 radical (unpaired) electrons. The lowest BCUT2D eigenvalue weighted by Gasteiger charge is -2.43. The van der Waals surface area contributed by atoms with Crippen molar-refractivity contribution in [2.24, 2.45) is 22.1 Å². The van der Waals surface area contributed by atoms with Crippen LogP contribution in [-0.2, 0) is 41.9 Å². The molecule has 12 heteroatoms. The summed E-state index contributed by atoms with van der Waals surface area (Å²) < 4.78 is 44.8. The van der Waals surface area contributed by atoms with Crippen molar-refractivity contribution in [2.75, 3.05) is 50.7 Å². The molecule has 5 atom stereocenters. The fourth-order valence-electron chi connectivity index (χ4n) is 7.42. The highest BCUT2D eigenvalue weighted by molar-refractivity contribution is 7.92. The first-order valence-corrected chi connectivity index (χ1v) is 20.0. The SMILES string of the molecule is CO[C@H]1/C=C/C[C@H](C)C[S@@](=O)(NC(=O)COC2CCOCC2)=NC(=O)c2ccc3c(c2)N(Cc2ccc(Cl)cc2CCCCO3)C[C@@H]2CC[C@H]21. The number of ether oxygens (including phenoxy) is 4. The number of fused-ring (bicyclic) bond motifs is 3. The van der Waals surface area contributed by atoms with E-state index in [1.807, 2.05) is 19.1 Å². The molecule has 4 aliphatic rings. The molecule has 2 fully saturated rings. The zero-order valence-electron chi connectivity index (χ0n) is 29.2. The van der Waals surface area contributed by atoms with Gasteiger partial charge in [0.15, 0.2) is 0 Å². The number of carbonyl (C=O) groups is 2. The van der Waals surface area contributed by atoms with Crippen LogP contribution in [0.3, 0.4) is 0 Å². The van der Waals surface area contributed by atoms with Gasteiger partial charge < -0.3 is 23.8 Å².